The van der Waals surface area contributed by atoms with Crippen molar-refractivity contribution in [1.29, 1.82) is 0 Å². The minimum Gasteiger partial charge on any atom is -0.463 e. The quantitative estimate of drug-likeness (QED) is 0.459. The Morgan fingerprint density at radius 1 is 1.70 bits per heavy atom. The molecule has 3 nitrogen and oxygen atoms in total. The van der Waals surface area contributed by atoms with Gasteiger partial charge in [0.1, 0.15) is 0 Å². The second-order valence-corrected chi connectivity index (χ2v) is 1.73. The molecule has 0 saturated heterocycles. The predicted molar refractivity (Wildman–Crippen MR) is 39.4 cm³/mol. The molecule has 0 radical (unpaired) electrons. The van der Waals surface area contributed by atoms with E-state index in [0.717, 1.165) is 6.42 Å². The van der Waals surface area contributed by atoms with E-state index in [2.05, 4.69) is 4.74 Å². The van der Waals surface area contributed by atoms with E-state index in [4.69, 9.17) is 5.73 Å². The number of esters is 1. The van der Waals surface area contributed by atoms with Gasteiger partial charge in [0.25, 0.3) is 0 Å². The van der Waals surface area contributed by atoms with E-state index in [9.17, 15) is 4.79 Å². The van der Waals surface area contributed by atoms with Crippen molar-refractivity contribution in [3.63, 3.8) is 0 Å². The van der Waals surface area contributed by atoms with Gasteiger partial charge in [0.05, 0.1) is 6.61 Å². The number of ether oxygens (including phenoxy) is 1. The Hall–Kier alpha value is -0.830. The van der Waals surface area contributed by atoms with Gasteiger partial charge in [0.15, 0.2) is 0 Å². The number of hydrogen-bond acceptors (Lipinski definition) is 3. The summed E-state index contributed by atoms with van der Waals surface area (Å²) in [6, 6.07) is 0. The Kier molecular flexibility index (Phi) is 5.77. The van der Waals surface area contributed by atoms with Crippen molar-refractivity contribution in [3.8, 4) is 0 Å². The van der Waals surface area contributed by atoms with E-state index >= 15 is 0 Å². The van der Waals surface area contributed by atoms with E-state index in [1.807, 2.05) is 0 Å². The molecular weight excluding hydrogens is 130 g/mol. The standard InChI is InChI=1S/C7H13NO2/c1-2-10-7(9)5-3-4-6-8/h3,5H,2,4,6,8H2,1H3/b5-3+. The van der Waals surface area contributed by atoms with Gasteiger partial charge in [-0.25, -0.2) is 4.79 Å². The summed E-state index contributed by atoms with van der Waals surface area (Å²) in [5, 5.41) is 0. The fourth-order valence-corrected chi connectivity index (χ4v) is 0.466. The minimum absolute atomic E-state index is 0.295. The van der Waals surface area contributed by atoms with Gasteiger partial charge in [0, 0.05) is 6.08 Å². The fourth-order valence-electron chi connectivity index (χ4n) is 0.466. The van der Waals surface area contributed by atoms with Crippen LogP contribution in [0, 0.1) is 0 Å². The molecule has 0 heterocycles. The lowest BCUT2D eigenvalue weighted by Crippen LogP contribution is -2.00. The molecule has 0 aliphatic carbocycles. The summed E-state index contributed by atoms with van der Waals surface area (Å²) in [5.74, 6) is -0.295. The van der Waals surface area contributed by atoms with Gasteiger partial charge < -0.3 is 10.5 Å². The van der Waals surface area contributed by atoms with E-state index in [0.29, 0.717) is 13.2 Å². The highest BCUT2D eigenvalue weighted by Gasteiger charge is 1.90. The van der Waals surface area contributed by atoms with Gasteiger partial charge in [-0.3, -0.25) is 0 Å². The first kappa shape index (κ1) is 9.17. The van der Waals surface area contributed by atoms with Crippen LogP contribution < -0.4 is 5.73 Å². The highest BCUT2D eigenvalue weighted by molar-refractivity contribution is 5.81. The third kappa shape index (κ3) is 5.31. The summed E-state index contributed by atoms with van der Waals surface area (Å²) in [6.07, 6.45) is 3.83. The third-order valence-electron chi connectivity index (χ3n) is 0.874. The number of carbonyl (C=O) groups excluding carboxylic acids is 1. The normalized spacial score (nSPS) is 10.2. The average molecular weight is 143 g/mol. The molecule has 3 heteroatoms. The smallest absolute Gasteiger partial charge is 0.330 e. The molecule has 10 heavy (non-hydrogen) atoms. The van der Waals surface area contributed by atoms with Gasteiger partial charge >= 0.3 is 5.97 Å². The number of nitrogens with two attached hydrogens (primary N) is 1. The summed E-state index contributed by atoms with van der Waals surface area (Å²) in [6.45, 7) is 2.76. The molecule has 0 bridgehead atoms. The summed E-state index contributed by atoms with van der Waals surface area (Å²) in [4.78, 5) is 10.6. The largest absolute Gasteiger partial charge is 0.463 e. The van der Waals surface area contributed by atoms with Crippen molar-refractivity contribution < 1.29 is 9.53 Å². The fraction of sp³-hybridized carbons (Fsp3) is 0.571. The lowest BCUT2D eigenvalue weighted by Gasteiger charge is -1.93. The zero-order valence-corrected chi connectivity index (χ0v) is 6.17. The molecule has 0 aromatic rings. The molecule has 0 aromatic heterocycles. The number of rotatable bonds is 4. The summed E-state index contributed by atoms with van der Waals surface area (Å²) in [5.41, 5.74) is 5.19. The molecule has 0 aliphatic heterocycles. The Morgan fingerprint density at radius 3 is 2.90 bits per heavy atom. The molecule has 0 aromatic carbocycles. The van der Waals surface area contributed by atoms with Crippen LogP contribution in [0.3, 0.4) is 0 Å². The van der Waals surface area contributed by atoms with Crippen molar-refractivity contribution in [2.45, 2.75) is 13.3 Å². The Labute approximate surface area is 60.9 Å². The van der Waals surface area contributed by atoms with Gasteiger partial charge in [-0.05, 0) is 19.9 Å². The van der Waals surface area contributed by atoms with Crippen LogP contribution in [0.4, 0.5) is 0 Å². The van der Waals surface area contributed by atoms with Crippen molar-refractivity contribution in [3.05, 3.63) is 12.2 Å². The van der Waals surface area contributed by atoms with Crippen LogP contribution in [0.1, 0.15) is 13.3 Å². The first-order chi connectivity index (χ1) is 4.81. The zero-order chi connectivity index (χ0) is 7.82. The second-order valence-electron chi connectivity index (χ2n) is 1.73. The number of hydrogen-bond donors (Lipinski definition) is 1. The van der Waals surface area contributed by atoms with Crippen LogP contribution in [0.2, 0.25) is 0 Å². The maximum Gasteiger partial charge on any atom is 0.330 e. The monoisotopic (exact) mass is 143 g/mol. The summed E-state index contributed by atoms with van der Waals surface area (Å²) in [7, 11) is 0. The minimum atomic E-state index is -0.295. The molecule has 0 saturated carbocycles. The van der Waals surface area contributed by atoms with Crippen LogP contribution in [-0.4, -0.2) is 19.1 Å². The molecule has 0 amide bonds. The highest BCUT2D eigenvalue weighted by atomic mass is 16.5. The Morgan fingerprint density at radius 2 is 2.40 bits per heavy atom. The highest BCUT2D eigenvalue weighted by Crippen LogP contribution is 1.83. The van der Waals surface area contributed by atoms with E-state index < -0.39 is 0 Å². The molecule has 0 atom stereocenters. The van der Waals surface area contributed by atoms with Crippen LogP contribution in [-0.2, 0) is 9.53 Å². The van der Waals surface area contributed by atoms with Crippen molar-refractivity contribution in [1.82, 2.24) is 0 Å². The van der Waals surface area contributed by atoms with Crippen LogP contribution in [0.25, 0.3) is 0 Å². The molecule has 0 aliphatic rings. The third-order valence-corrected chi connectivity index (χ3v) is 0.874. The topological polar surface area (TPSA) is 52.3 Å². The van der Waals surface area contributed by atoms with E-state index in [1.54, 1.807) is 13.0 Å². The lowest BCUT2D eigenvalue weighted by molar-refractivity contribution is -0.137. The summed E-state index contributed by atoms with van der Waals surface area (Å²) >= 11 is 0. The second kappa shape index (κ2) is 6.29. The van der Waals surface area contributed by atoms with Crippen LogP contribution in [0.5, 0.6) is 0 Å². The molecule has 0 fully saturated rings. The van der Waals surface area contributed by atoms with Crippen molar-refractivity contribution in [2.75, 3.05) is 13.2 Å². The molecule has 58 valence electrons. The summed E-state index contributed by atoms with van der Waals surface area (Å²) < 4.78 is 4.62. The maximum absolute atomic E-state index is 10.6. The van der Waals surface area contributed by atoms with Gasteiger partial charge in [0.2, 0.25) is 0 Å². The van der Waals surface area contributed by atoms with Crippen LogP contribution >= 0.6 is 0 Å². The van der Waals surface area contributed by atoms with E-state index in [-0.39, 0.29) is 5.97 Å². The molecular formula is C7H13NO2. The van der Waals surface area contributed by atoms with Gasteiger partial charge in [-0.15, -0.1) is 0 Å². The zero-order valence-electron chi connectivity index (χ0n) is 6.17. The first-order valence-corrected chi connectivity index (χ1v) is 3.34. The first-order valence-electron chi connectivity index (χ1n) is 3.34. The SMILES string of the molecule is CCOC(=O)/C=C/CCN. The predicted octanol–water partition coefficient (Wildman–Crippen LogP) is 0.455. The van der Waals surface area contributed by atoms with Crippen molar-refractivity contribution >= 4 is 5.97 Å². The Bertz CT molecular complexity index is 121. The molecule has 0 unspecified atom stereocenters. The van der Waals surface area contributed by atoms with E-state index in [1.165, 1.54) is 6.08 Å². The van der Waals surface area contributed by atoms with Gasteiger partial charge in [-0.1, -0.05) is 6.08 Å². The molecule has 2 N–H and O–H groups in total. The molecule has 0 rings (SSSR count). The average Bonchev–Trinajstić information content (AvgIpc) is 1.89. The lowest BCUT2D eigenvalue weighted by atomic mass is 10.4. The van der Waals surface area contributed by atoms with Crippen LogP contribution in [0.15, 0.2) is 12.2 Å². The van der Waals surface area contributed by atoms with Crippen molar-refractivity contribution in [2.24, 2.45) is 5.73 Å². The van der Waals surface area contributed by atoms with Gasteiger partial charge in [-0.2, -0.15) is 0 Å². The maximum atomic E-state index is 10.6. The molecule has 0 spiro atoms. The Balaban J connectivity index is 3.36. The number of carbonyl (C=O) groups is 1.